The molecule has 1 aliphatic heterocycles. The summed E-state index contributed by atoms with van der Waals surface area (Å²) >= 11 is 0. The highest BCUT2D eigenvalue weighted by Gasteiger charge is 2.32. The van der Waals surface area contributed by atoms with Crippen LogP contribution in [0.25, 0.3) is 0 Å². The lowest BCUT2D eigenvalue weighted by Crippen LogP contribution is -2.53. The van der Waals surface area contributed by atoms with Gasteiger partial charge in [0.25, 0.3) is 0 Å². The quantitative estimate of drug-likeness (QED) is 0.623. The minimum atomic E-state index is -0.268. The van der Waals surface area contributed by atoms with E-state index >= 15 is 0 Å². The molecule has 1 heterocycles. The number of likely N-dealkylation sites (tertiary alicyclic amines) is 1. The SMILES string of the molecule is CCC(=O)N1CC(C(C)O)C1. The normalized spacial score (nSPS) is 21.2. The molecule has 0 aromatic carbocycles. The van der Waals surface area contributed by atoms with Crippen LogP contribution in [0.5, 0.6) is 0 Å². The zero-order valence-corrected chi connectivity index (χ0v) is 7.08. The van der Waals surface area contributed by atoms with E-state index < -0.39 is 0 Å². The monoisotopic (exact) mass is 157 g/mol. The van der Waals surface area contributed by atoms with Crippen LogP contribution in [0, 0.1) is 5.92 Å². The maximum absolute atomic E-state index is 11.0. The number of nitrogens with zero attached hydrogens (tertiary/aromatic N) is 1. The number of aliphatic hydroxyl groups is 1. The molecule has 11 heavy (non-hydrogen) atoms. The number of carbonyl (C=O) groups excluding carboxylic acids is 1. The van der Waals surface area contributed by atoms with Gasteiger partial charge in [-0.2, -0.15) is 0 Å². The van der Waals surface area contributed by atoms with E-state index in [1.807, 2.05) is 6.92 Å². The summed E-state index contributed by atoms with van der Waals surface area (Å²) in [5.41, 5.74) is 0. The van der Waals surface area contributed by atoms with E-state index in [0.717, 1.165) is 13.1 Å². The fourth-order valence-electron chi connectivity index (χ4n) is 1.25. The van der Waals surface area contributed by atoms with Crippen LogP contribution in [0.2, 0.25) is 0 Å². The zero-order valence-electron chi connectivity index (χ0n) is 7.08. The Balaban J connectivity index is 2.24. The largest absolute Gasteiger partial charge is 0.393 e. The second-order valence-electron chi connectivity index (χ2n) is 3.15. The Hall–Kier alpha value is -0.570. The summed E-state index contributed by atoms with van der Waals surface area (Å²) in [6.45, 7) is 5.12. The first-order valence-electron chi connectivity index (χ1n) is 4.11. The third-order valence-electron chi connectivity index (χ3n) is 2.25. The Bertz CT molecular complexity index is 150. The van der Waals surface area contributed by atoms with Crippen LogP contribution in [0.4, 0.5) is 0 Å². The standard InChI is InChI=1S/C8H15NO2/c1-3-8(11)9-4-7(5-9)6(2)10/h6-7,10H,3-5H2,1-2H3. The van der Waals surface area contributed by atoms with Gasteiger partial charge in [0, 0.05) is 25.4 Å². The third-order valence-corrected chi connectivity index (χ3v) is 2.25. The van der Waals surface area contributed by atoms with Gasteiger partial charge in [-0.15, -0.1) is 0 Å². The van der Waals surface area contributed by atoms with Gasteiger partial charge in [0.2, 0.25) is 5.91 Å². The summed E-state index contributed by atoms with van der Waals surface area (Å²) in [4.78, 5) is 12.8. The van der Waals surface area contributed by atoms with Crippen LogP contribution in [0.15, 0.2) is 0 Å². The molecule has 0 aromatic heterocycles. The molecule has 0 aliphatic carbocycles. The fourth-order valence-corrected chi connectivity index (χ4v) is 1.25. The first kappa shape index (κ1) is 8.53. The molecule has 1 rings (SSSR count). The van der Waals surface area contributed by atoms with Gasteiger partial charge in [-0.1, -0.05) is 6.92 Å². The molecule has 1 aliphatic rings. The molecule has 1 N–H and O–H groups in total. The first-order valence-corrected chi connectivity index (χ1v) is 4.11. The lowest BCUT2D eigenvalue weighted by atomic mass is 9.94. The molecular weight excluding hydrogens is 142 g/mol. The van der Waals surface area contributed by atoms with E-state index in [9.17, 15) is 4.79 Å². The topological polar surface area (TPSA) is 40.5 Å². The Morgan fingerprint density at radius 1 is 1.73 bits per heavy atom. The van der Waals surface area contributed by atoms with Crippen molar-refractivity contribution in [3.63, 3.8) is 0 Å². The van der Waals surface area contributed by atoms with E-state index in [-0.39, 0.29) is 12.0 Å². The molecule has 1 unspecified atom stereocenters. The number of rotatable bonds is 2. The summed E-state index contributed by atoms with van der Waals surface area (Å²) in [7, 11) is 0. The van der Waals surface area contributed by atoms with Crippen LogP contribution in [-0.4, -0.2) is 35.1 Å². The lowest BCUT2D eigenvalue weighted by molar-refractivity contribution is -0.139. The maximum Gasteiger partial charge on any atom is 0.222 e. The van der Waals surface area contributed by atoms with Crippen molar-refractivity contribution in [3.05, 3.63) is 0 Å². The highest BCUT2D eigenvalue weighted by molar-refractivity contribution is 5.76. The second-order valence-corrected chi connectivity index (χ2v) is 3.15. The van der Waals surface area contributed by atoms with Gasteiger partial charge in [-0.05, 0) is 6.92 Å². The Labute approximate surface area is 67.0 Å². The number of amides is 1. The predicted molar refractivity (Wildman–Crippen MR) is 42.0 cm³/mol. The highest BCUT2D eigenvalue weighted by atomic mass is 16.3. The van der Waals surface area contributed by atoms with Gasteiger partial charge in [-0.3, -0.25) is 4.79 Å². The molecule has 0 bridgehead atoms. The van der Waals surface area contributed by atoms with Crippen LogP contribution in [0.3, 0.4) is 0 Å². The van der Waals surface area contributed by atoms with Crippen molar-refractivity contribution in [2.75, 3.05) is 13.1 Å². The summed E-state index contributed by atoms with van der Waals surface area (Å²) in [5.74, 6) is 0.507. The number of hydrogen-bond donors (Lipinski definition) is 1. The van der Waals surface area contributed by atoms with Crippen molar-refractivity contribution in [2.45, 2.75) is 26.4 Å². The van der Waals surface area contributed by atoms with Gasteiger partial charge in [-0.25, -0.2) is 0 Å². The van der Waals surface area contributed by atoms with Gasteiger partial charge in [0.05, 0.1) is 6.10 Å². The van der Waals surface area contributed by atoms with Crippen LogP contribution >= 0.6 is 0 Å². The van der Waals surface area contributed by atoms with Crippen LogP contribution in [0.1, 0.15) is 20.3 Å². The molecule has 1 amide bonds. The third kappa shape index (κ3) is 1.71. The summed E-state index contributed by atoms with van der Waals surface area (Å²) < 4.78 is 0. The van der Waals surface area contributed by atoms with Crippen LogP contribution < -0.4 is 0 Å². The average Bonchev–Trinajstić information content (AvgIpc) is 1.83. The minimum absolute atomic E-state index is 0.196. The van der Waals surface area contributed by atoms with E-state index in [1.54, 1.807) is 11.8 Å². The average molecular weight is 157 g/mol. The Kier molecular flexibility index (Phi) is 2.49. The van der Waals surface area contributed by atoms with E-state index in [0.29, 0.717) is 12.3 Å². The summed E-state index contributed by atoms with van der Waals surface area (Å²) in [6.07, 6.45) is 0.308. The number of aliphatic hydroxyl groups excluding tert-OH is 1. The van der Waals surface area contributed by atoms with Gasteiger partial charge >= 0.3 is 0 Å². The fraction of sp³-hybridized carbons (Fsp3) is 0.875. The number of hydrogen-bond acceptors (Lipinski definition) is 2. The summed E-state index contributed by atoms with van der Waals surface area (Å²) in [6, 6.07) is 0. The molecule has 0 saturated carbocycles. The minimum Gasteiger partial charge on any atom is -0.393 e. The van der Waals surface area contributed by atoms with Crippen LogP contribution in [-0.2, 0) is 4.79 Å². The number of carbonyl (C=O) groups is 1. The van der Waals surface area contributed by atoms with Gasteiger partial charge in [0.15, 0.2) is 0 Å². The molecule has 1 saturated heterocycles. The molecule has 0 radical (unpaired) electrons. The Morgan fingerprint density at radius 3 is 2.64 bits per heavy atom. The predicted octanol–water partition coefficient (Wildman–Crippen LogP) is 0.236. The molecule has 3 heteroatoms. The highest BCUT2D eigenvalue weighted by Crippen LogP contribution is 2.19. The second kappa shape index (κ2) is 3.22. The van der Waals surface area contributed by atoms with Gasteiger partial charge < -0.3 is 10.0 Å². The van der Waals surface area contributed by atoms with Crippen molar-refractivity contribution >= 4 is 5.91 Å². The van der Waals surface area contributed by atoms with E-state index in [4.69, 9.17) is 5.11 Å². The maximum atomic E-state index is 11.0. The van der Waals surface area contributed by atoms with Crippen molar-refractivity contribution < 1.29 is 9.90 Å². The van der Waals surface area contributed by atoms with Crippen molar-refractivity contribution in [1.29, 1.82) is 0 Å². The molecule has 64 valence electrons. The van der Waals surface area contributed by atoms with Crippen molar-refractivity contribution in [2.24, 2.45) is 5.92 Å². The van der Waals surface area contributed by atoms with E-state index in [1.165, 1.54) is 0 Å². The summed E-state index contributed by atoms with van der Waals surface area (Å²) in [5, 5.41) is 9.11. The lowest BCUT2D eigenvalue weighted by Gasteiger charge is -2.40. The smallest absolute Gasteiger partial charge is 0.222 e. The zero-order chi connectivity index (χ0) is 8.43. The molecule has 1 fully saturated rings. The first-order chi connectivity index (χ1) is 5.15. The molecule has 0 spiro atoms. The molecule has 1 atom stereocenters. The molecule has 0 aromatic rings. The Morgan fingerprint density at radius 2 is 2.27 bits per heavy atom. The van der Waals surface area contributed by atoms with Gasteiger partial charge in [0.1, 0.15) is 0 Å². The van der Waals surface area contributed by atoms with Crippen molar-refractivity contribution in [1.82, 2.24) is 4.90 Å². The van der Waals surface area contributed by atoms with E-state index in [2.05, 4.69) is 0 Å². The molecular formula is C8H15NO2. The molecule has 3 nitrogen and oxygen atoms in total. The van der Waals surface area contributed by atoms with Crippen molar-refractivity contribution in [3.8, 4) is 0 Å².